The molecule has 2 rings (SSSR count). The second-order valence-electron chi connectivity index (χ2n) is 6.00. The molecule has 0 saturated heterocycles. The maximum atomic E-state index is 12.6. The summed E-state index contributed by atoms with van der Waals surface area (Å²) in [6, 6.07) is 5.62. The van der Waals surface area contributed by atoms with Crippen LogP contribution in [0, 0.1) is 12.8 Å². The van der Waals surface area contributed by atoms with E-state index in [1.807, 2.05) is 25.1 Å². The van der Waals surface area contributed by atoms with Crippen LogP contribution in [0.25, 0.3) is 0 Å². The number of benzene rings is 1. The average molecular weight is 369 g/mol. The Bertz CT molecular complexity index is 565. The number of hydrogen-bond acceptors (Lipinski definition) is 2. The van der Waals surface area contributed by atoms with Crippen LogP contribution in [-0.4, -0.2) is 16.4 Å². The Morgan fingerprint density at radius 1 is 1.43 bits per heavy atom. The third-order valence-corrected chi connectivity index (χ3v) is 5.71. The molecule has 3 N–H and O–H groups in total. The van der Waals surface area contributed by atoms with Crippen molar-refractivity contribution in [2.45, 2.75) is 45.1 Å². The lowest BCUT2D eigenvalue weighted by Gasteiger charge is -2.39. The Morgan fingerprint density at radius 3 is 2.62 bits per heavy atom. The Morgan fingerprint density at radius 2 is 2.05 bits per heavy atom. The lowest BCUT2D eigenvalue weighted by molar-refractivity contribution is 0.0900. The summed E-state index contributed by atoms with van der Waals surface area (Å²) >= 11 is 8.71. The van der Waals surface area contributed by atoms with Crippen LogP contribution in [0.4, 0.5) is 0 Å². The molecule has 21 heavy (non-hydrogen) atoms. The molecule has 5 heteroatoms. The van der Waals surface area contributed by atoms with Gasteiger partial charge in [-0.1, -0.05) is 41.1 Å². The summed E-state index contributed by atoms with van der Waals surface area (Å²) in [5.74, 6) is 0.563. The molecule has 0 spiro atoms. The summed E-state index contributed by atoms with van der Waals surface area (Å²) in [7, 11) is 0. The first-order valence-electron chi connectivity index (χ1n) is 7.23. The predicted molar refractivity (Wildman–Crippen MR) is 93.5 cm³/mol. The Hall–Kier alpha value is -0.940. The topological polar surface area (TPSA) is 55.1 Å². The molecule has 0 bridgehead atoms. The van der Waals surface area contributed by atoms with E-state index < -0.39 is 5.54 Å². The molecule has 0 aromatic heterocycles. The van der Waals surface area contributed by atoms with Crippen LogP contribution < -0.4 is 11.1 Å². The normalized spacial score (nSPS) is 25.4. The van der Waals surface area contributed by atoms with Gasteiger partial charge in [0.1, 0.15) is 0 Å². The molecule has 1 aliphatic rings. The van der Waals surface area contributed by atoms with Crippen molar-refractivity contribution in [1.82, 2.24) is 5.32 Å². The Balaban J connectivity index is 2.23. The number of carbonyl (C=O) groups is 1. The van der Waals surface area contributed by atoms with E-state index in [1.54, 1.807) is 0 Å². The molecule has 0 radical (unpaired) electrons. The maximum absolute atomic E-state index is 12.6. The lowest BCUT2D eigenvalue weighted by Crippen LogP contribution is -2.58. The summed E-state index contributed by atoms with van der Waals surface area (Å²) < 4.78 is 0.928. The fraction of sp³-hybridized carbons (Fsp3) is 0.500. The van der Waals surface area contributed by atoms with Crippen LogP contribution in [0.5, 0.6) is 0 Å². The van der Waals surface area contributed by atoms with Crippen molar-refractivity contribution in [2.24, 2.45) is 11.7 Å². The second kappa shape index (κ2) is 6.44. The summed E-state index contributed by atoms with van der Waals surface area (Å²) in [5.41, 5.74) is 7.01. The van der Waals surface area contributed by atoms with Crippen molar-refractivity contribution in [3.05, 3.63) is 33.8 Å². The van der Waals surface area contributed by atoms with Crippen molar-refractivity contribution >= 4 is 39.0 Å². The SMILES string of the molecule is Cc1c(Br)cccc1C(=O)NC1(C(N)=S)CCC(C)CC1. The van der Waals surface area contributed by atoms with Gasteiger partial charge in [0.25, 0.3) is 5.91 Å². The van der Waals surface area contributed by atoms with Crippen molar-refractivity contribution in [3.8, 4) is 0 Å². The van der Waals surface area contributed by atoms with Gasteiger partial charge in [-0.25, -0.2) is 0 Å². The van der Waals surface area contributed by atoms with Crippen LogP contribution in [-0.2, 0) is 0 Å². The first kappa shape index (κ1) is 16.4. The molecule has 1 aromatic rings. The monoisotopic (exact) mass is 368 g/mol. The van der Waals surface area contributed by atoms with Crippen molar-refractivity contribution < 1.29 is 4.79 Å². The van der Waals surface area contributed by atoms with Crippen molar-refractivity contribution in [2.75, 3.05) is 0 Å². The van der Waals surface area contributed by atoms with Gasteiger partial charge < -0.3 is 11.1 Å². The van der Waals surface area contributed by atoms with E-state index in [4.69, 9.17) is 18.0 Å². The largest absolute Gasteiger partial charge is 0.391 e. The quantitative estimate of drug-likeness (QED) is 0.799. The van der Waals surface area contributed by atoms with Crippen molar-refractivity contribution in [3.63, 3.8) is 0 Å². The zero-order chi connectivity index (χ0) is 15.6. The minimum atomic E-state index is -0.534. The molecule has 0 unspecified atom stereocenters. The predicted octanol–water partition coefficient (Wildman–Crippen LogP) is 3.72. The van der Waals surface area contributed by atoms with Crippen LogP contribution in [0.2, 0.25) is 0 Å². The third-order valence-electron chi connectivity index (χ3n) is 4.46. The van der Waals surface area contributed by atoms with E-state index in [9.17, 15) is 4.79 Å². The van der Waals surface area contributed by atoms with E-state index in [1.165, 1.54) is 0 Å². The van der Waals surface area contributed by atoms with Crippen LogP contribution in [0.1, 0.15) is 48.5 Å². The number of carbonyl (C=O) groups excluding carboxylic acids is 1. The number of hydrogen-bond donors (Lipinski definition) is 2. The number of nitrogens with one attached hydrogen (secondary N) is 1. The number of rotatable bonds is 3. The number of amides is 1. The molecular formula is C16H21BrN2OS. The summed E-state index contributed by atoms with van der Waals surface area (Å²) in [6.07, 6.45) is 3.72. The van der Waals surface area contributed by atoms with Gasteiger partial charge in [-0.05, 0) is 56.2 Å². The van der Waals surface area contributed by atoms with E-state index in [0.717, 1.165) is 35.7 Å². The first-order chi connectivity index (χ1) is 9.85. The number of thiocarbonyl (C=S) groups is 1. The number of nitrogens with two attached hydrogens (primary N) is 1. The van der Waals surface area contributed by atoms with Gasteiger partial charge in [0, 0.05) is 10.0 Å². The fourth-order valence-corrected chi connectivity index (χ4v) is 3.45. The van der Waals surface area contributed by atoms with Gasteiger partial charge in [0.15, 0.2) is 0 Å². The Kier molecular flexibility index (Phi) is 5.04. The molecule has 0 atom stereocenters. The highest BCUT2D eigenvalue weighted by Gasteiger charge is 2.38. The molecule has 0 heterocycles. The van der Waals surface area contributed by atoms with Gasteiger partial charge in [0.2, 0.25) is 0 Å². The Labute approximate surface area is 139 Å². The molecule has 1 amide bonds. The van der Waals surface area contributed by atoms with Crippen LogP contribution in [0.3, 0.4) is 0 Å². The zero-order valence-electron chi connectivity index (χ0n) is 12.4. The maximum Gasteiger partial charge on any atom is 0.252 e. The summed E-state index contributed by atoms with van der Waals surface area (Å²) in [6.45, 7) is 4.15. The highest BCUT2D eigenvalue weighted by molar-refractivity contribution is 9.10. The molecule has 1 saturated carbocycles. The van der Waals surface area contributed by atoms with Crippen LogP contribution in [0.15, 0.2) is 22.7 Å². The third kappa shape index (κ3) is 3.46. The fourth-order valence-electron chi connectivity index (χ4n) is 2.83. The number of halogens is 1. The second-order valence-corrected chi connectivity index (χ2v) is 7.29. The highest BCUT2D eigenvalue weighted by atomic mass is 79.9. The standard InChI is InChI=1S/C16H21BrN2OS/c1-10-6-8-16(9-7-10,15(18)21)19-14(20)12-4-3-5-13(17)11(12)2/h3-5,10H,6-9H2,1-2H3,(H2,18,21)(H,19,20). The molecule has 114 valence electrons. The van der Waals surface area contributed by atoms with E-state index in [2.05, 4.69) is 28.2 Å². The molecular weight excluding hydrogens is 348 g/mol. The molecule has 3 nitrogen and oxygen atoms in total. The molecule has 0 aliphatic heterocycles. The average Bonchev–Trinajstić information content (AvgIpc) is 2.44. The summed E-state index contributed by atoms with van der Waals surface area (Å²) in [5, 5.41) is 3.11. The van der Waals surface area contributed by atoms with Crippen LogP contribution >= 0.6 is 28.1 Å². The first-order valence-corrected chi connectivity index (χ1v) is 8.43. The molecule has 1 aromatic carbocycles. The van der Waals surface area contributed by atoms with Gasteiger partial charge >= 0.3 is 0 Å². The van der Waals surface area contributed by atoms with Gasteiger partial charge in [0.05, 0.1) is 10.5 Å². The van der Waals surface area contributed by atoms with Gasteiger partial charge in [-0.15, -0.1) is 0 Å². The minimum Gasteiger partial charge on any atom is -0.391 e. The summed E-state index contributed by atoms with van der Waals surface area (Å²) in [4.78, 5) is 13.0. The lowest BCUT2D eigenvalue weighted by atomic mass is 9.77. The van der Waals surface area contributed by atoms with Crippen molar-refractivity contribution in [1.29, 1.82) is 0 Å². The van der Waals surface area contributed by atoms with Gasteiger partial charge in [-0.3, -0.25) is 4.79 Å². The minimum absolute atomic E-state index is 0.101. The smallest absolute Gasteiger partial charge is 0.252 e. The van der Waals surface area contributed by atoms with E-state index in [-0.39, 0.29) is 5.91 Å². The van der Waals surface area contributed by atoms with Gasteiger partial charge in [-0.2, -0.15) is 0 Å². The zero-order valence-corrected chi connectivity index (χ0v) is 14.8. The molecule has 1 fully saturated rings. The molecule has 1 aliphatic carbocycles. The highest BCUT2D eigenvalue weighted by Crippen LogP contribution is 2.33. The van der Waals surface area contributed by atoms with E-state index >= 15 is 0 Å². The van der Waals surface area contributed by atoms with E-state index in [0.29, 0.717) is 16.5 Å².